The Bertz CT molecular complexity index is 299. The van der Waals surface area contributed by atoms with E-state index in [0.29, 0.717) is 12.0 Å². The van der Waals surface area contributed by atoms with Gasteiger partial charge in [0, 0.05) is 6.20 Å². The van der Waals surface area contributed by atoms with Gasteiger partial charge in [0.05, 0.1) is 11.7 Å². The standard InChI is InChI=1S/C12H21N3/c1-5-9(3)12(13-6-2)11-7-8-14-10(4)15-11/h7-9,12-13H,5-6H2,1-4H3. The van der Waals surface area contributed by atoms with Crippen molar-refractivity contribution in [3.63, 3.8) is 0 Å². The van der Waals surface area contributed by atoms with E-state index in [1.165, 1.54) is 0 Å². The summed E-state index contributed by atoms with van der Waals surface area (Å²) in [7, 11) is 0. The normalized spacial score (nSPS) is 14.9. The summed E-state index contributed by atoms with van der Waals surface area (Å²) in [6.07, 6.45) is 2.99. The van der Waals surface area contributed by atoms with E-state index in [1.54, 1.807) is 0 Å². The van der Waals surface area contributed by atoms with E-state index in [2.05, 4.69) is 36.1 Å². The molecule has 0 saturated carbocycles. The van der Waals surface area contributed by atoms with Gasteiger partial charge >= 0.3 is 0 Å². The topological polar surface area (TPSA) is 37.8 Å². The number of nitrogens with one attached hydrogen (secondary N) is 1. The highest BCUT2D eigenvalue weighted by atomic mass is 15.0. The second-order valence-electron chi connectivity index (χ2n) is 3.95. The first-order valence-corrected chi connectivity index (χ1v) is 5.72. The van der Waals surface area contributed by atoms with Crippen LogP contribution in [-0.2, 0) is 0 Å². The summed E-state index contributed by atoms with van der Waals surface area (Å²) >= 11 is 0. The molecule has 3 heteroatoms. The van der Waals surface area contributed by atoms with Crippen LogP contribution in [0.25, 0.3) is 0 Å². The third-order valence-electron chi connectivity index (χ3n) is 2.75. The molecule has 0 spiro atoms. The van der Waals surface area contributed by atoms with Gasteiger partial charge in [0.2, 0.25) is 0 Å². The maximum absolute atomic E-state index is 4.49. The maximum Gasteiger partial charge on any atom is 0.125 e. The summed E-state index contributed by atoms with van der Waals surface area (Å²) in [4.78, 5) is 8.62. The fraction of sp³-hybridized carbons (Fsp3) is 0.667. The summed E-state index contributed by atoms with van der Waals surface area (Å²) in [5.74, 6) is 1.44. The fourth-order valence-corrected chi connectivity index (χ4v) is 1.70. The molecule has 3 nitrogen and oxygen atoms in total. The van der Waals surface area contributed by atoms with Crippen molar-refractivity contribution in [2.24, 2.45) is 5.92 Å². The molecule has 0 amide bonds. The van der Waals surface area contributed by atoms with Crippen LogP contribution in [-0.4, -0.2) is 16.5 Å². The van der Waals surface area contributed by atoms with Crippen LogP contribution in [0.2, 0.25) is 0 Å². The molecule has 0 fully saturated rings. The molecule has 1 heterocycles. The number of aromatic nitrogens is 2. The first-order valence-electron chi connectivity index (χ1n) is 5.72. The van der Waals surface area contributed by atoms with Crippen LogP contribution in [0.3, 0.4) is 0 Å². The molecule has 84 valence electrons. The van der Waals surface area contributed by atoms with E-state index >= 15 is 0 Å². The van der Waals surface area contributed by atoms with E-state index < -0.39 is 0 Å². The molecule has 0 saturated heterocycles. The van der Waals surface area contributed by atoms with Crippen molar-refractivity contribution in [2.75, 3.05) is 6.54 Å². The first-order chi connectivity index (χ1) is 7.19. The predicted octanol–water partition coefficient (Wildman–Crippen LogP) is 2.48. The first kappa shape index (κ1) is 12.1. The molecule has 2 unspecified atom stereocenters. The lowest BCUT2D eigenvalue weighted by Gasteiger charge is -2.23. The molecule has 1 aromatic heterocycles. The maximum atomic E-state index is 4.49. The van der Waals surface area contributed by atoms with Crippen molar-refractivity contribution in [1.82, 2.24) is 15.3 Å². The molecule has 0 bridgehead atoms. The Hall–Kier alpha value is -0.960. The summed E-state index contributed by atoms with van der Waals surface area (Å²) in [5, 5.41) is 3.49. The van der Waals surface area contributed by atoms with Crippen molar-refractivity contribution in [1.29, 1.82) is 0 Å². The minimum atomic E-state index is 0.349. The van der Waals surface area contributed by atoms with Gasteiger partial charge in [0.25, 0.3) is 0 Å². The molecule has 15 heavy (non-hydrogen) atoms. The predicted molar refractivity (Wildman–Crippen MR) is 62.6 cm³/mol. The van der Waals surface area contributed by atoms with Crippen LogP contribution in [0.5, 0.6) is 0 Å². The highest BCUT2D eigenvalue weighted by Gasteiger charge is 2.18. The fourth-order valence-electron chi connectivity index (χ4n) is 1.70. The number of nitrogens with zero attached hydrogens (tertiary/aromatic N) is 2. The Morgan fingerprint density at radius 1 is 1.40 bits per heavy atom. The molecule has 0 aromatic carbocycles. The largest absolute Gasteiger partial charge is 0.309 e. The second-order valence-corrected chi connectivity index (χ2v) is 3.95. The average Bonchev–Trinajstić information content (AvgIpc) is 2.25. The van der Waals surface area contributed by atoms with Crippen LogP contribution >= 0.6 is 0 Å². The molecule has 1 aromatic rings. The van der Waals surface area contributed by atoms with Gasteiger partial charge in [-0.1, -0.05) is 27.2 Å². The van der Waals surface area contributed by atoms with Crippen LogP contribution < -0.4 is 5.32 Å². The smallest absolute Gasteiger partial charge is 0.125 e. The van der Waals surface area contributed by atoms with Crippen LogP contribution in [0.4, 0.5) is 0 Å². The van der Waals surface area contributed by atoms with E-state index in [0.717, 1.165) is 24.5 Å². The molecule has 1 N–H and O–H groups in total. The molecule has 1 rings (SSSR count). The van der Waals surface area contributed by atoms with Crippen LogP contribution in [0, 0.1) is 12.8 Å². The molecule has 0 aliphatic heterocycles. The summed E-state index contributed by atoms with van der Waals surface area (Å²) in [5.41, 5.74) is 1.11. The zero-order valence-corrected chi connectivity index (χ0v) is 10.1. The van der Waals surface area contributed by atoms with Gasteiger partial charge in [-0.2, -0.15) is 0 Å². The van der Waals surface area contributed by atoms with Crippen LogP contribution in [0.1, 0.15) is 44.8 Å². The molecular weight excluding hydrogens is 186 g/mol. The zero-order chi connectivity index (χ0) is 11.3. The van der Waals surface area contributed by atoms with E-state index in [4.69, 9.17) is 0 Å². The molecule has 2 atom stereocenters. The van der Waals surface area contributed by atoms with Gasteiger partial charge in [-0.3, -0.25) is 0 Å². The Morgan fingerprint density at radius 3 is 2.67 bits per heavy atom. The number of hydrogen-bond acceptors (Lipinski definition) is 3. The Morgan fingerprint density at radius 2 is 2.13 bits per heavy atom. The Kier molecular flexibility index (Phi) is 4.69. The summed E-state index contributed by atoms with van der Waals surface area (Å²) in [6.45, 7) is 9.50. The van der Waals surface area contributed by atoms with Crippen LogP contribution in [0.15, 0.2) is 12.3 Å². The van der Waals surface area contributed by atoms with Gasteiger partial charge in [0.1, 0.15) is 5.82 Å². The van der Waals surface area contributed by atoms with Gasteiger partial charge < -0.3 is 5.32 Å². The lowest BCUT2D eigenvalue weighted by molar-refractivity contribution is 0.375. The monoisotopic (exact) mass is 207 g/mol. The SMILES string of the molecule is CCNC(c1ccnc(C)n1)C(C)CC. The average molecular weight is 207 g/mol. The molecular formula is C12H21N3. The minimum Gasteiger partial charge on any atom is -0.309 e. The zero-order valence-electron chi connectivity index (χ0n) is 10.1. The van der Waals surface area contributed by atoms with E-state index in [1.807, 2.05) is 19.2 Å². The summed E-state index contributed by atoms with van der Waals surface area (Å²) < 4.78 is 0. The molecule has 0 radical (unpaired) electrons. The van der Waals surface area contributed by atoms with Crippen molar-refractivity contribution < 1.29 is 0 Å². The number of aryl methyl sites for hydroxylation is 1. The third kappa shape index (κ3) is 3.27. The Labute approximate surface area is 92.3 Å². The van der Waals surface area contributed by atoms with E-state index in [9.17, 15) is 0 Å². The van der Waals surface area contributed by atoms with Gasteiger partial charge in [-0.05, 0) is 25.5 Å². The lowest BCUT2D eigenvalue weighted by Crippen LogP contribution is -2.27. The lowest BCUT2D eigenvalue weighted by atomic mass is 9.96. The van der Waals surface area contributed by atoms with E-state index in [-0.39, 0.29) is 0 Å². The Balaban J connectivity index is 2.88. The van der Waals surface area contributed by atoms with Crippen molar-refractivity contribution >= 4 is 0 Å². The highest BCUT2D eigenvalue weighted by molar-refractivity contribution is 5.08. The van der Waals surface area contributed by atoms with Crippen molar-refractivity contribution in [3.05, 3.63) is 23.8 Å². The van der Waals surface area contributed by atoms with Crippen molar-refractivity contribution in [3.8, 4) is 0 Å². The van der Waals surface area contributed by atoms with Crippen molar-refractivity contribution in [2.45, 2.75) is 40.2 Å². The molecule has 0 aliphatic carbocycles. The number of hydrogen-bond donors (Lipinski definition) is 1. The quantitative estimate of drug-likeness (QED) is 0.806. The summed E-state index contributed by atoms with van der Waals surface area (Å²) in [6, 6.07) is 2.36. The molecule has 0 aliphatic rings. The minimum absolute atomic E-state index is 0.349. The second kappa shape index (κ2) is 5.81. The number of rotatable bonds is 5. The van der Waals surface area contributed by atoms with Gasteiger partial charge in [0.15, 0.2) is 0 Å². The van der Waals surface area contributed by atoms with Gasteiger partial charge in [-0.25, -0.2) is 9.97 Å². The van der Waals surface area contributed by atoms with Gasteiger partial charge in [-0.15, -0.1) is 0 Å². The highest BCUT2D eigenvalue weighted by Crippen LogP contribution is 2.22. The third-order valence-corrected chi connectivity index (χ3v) is 2.75.